The maximum atomic E-state index is 12.7. The molecule has 6 nitrogen and oxygen atoms in total. The Hall–Kier alpha value is -3.85. The van der Waals surface area contributed by atoms with E-state index < -0.39 is 0 Å². The zero-order chi connectivity index (χ0) is 21.3. The molecule has 150 valence electrons. The highest BCUT2D eigenvalue weighted by Crippen LogP contribution is 2.48. The lowest BCUT2D eigenvalue weighted by Gasteiger charge is -2.17. The second kappa shape index (κ2) is 7.88. The molecule has 0 spiro atoms. The molecule has 6 heteroatoms. The van der Waals surface area contributed by atoms with E-state index in [4.69, 9.17) is 10.9 Å². The molecule has 2 aliphatic rings. The van der Waals surface area contributed by atoms with Gasteiger partial charge in [0.15, 0.2) is 0 Å². The van der Waals surface area contributed by atoms with Crippen molar-refractivity contribution in [2.75, 3.05) is 5.32 Å². The Morgan fingerprint density at radius 2 is 1.97 bits per heavy atom. The highest BCUT2D eigenvalue weighted by molar-refractivity contribution is 6.03. The van der Waals surface area contributed by atoms with Gasteiger partial charge in [0, 0.05) is 18.0 Å². The summed E-state index contributed by atoms with van der Waals surface area (Å²) in [7, 11) is 0. The van der Waals surface area contributed by atoms with Gasteiger partial charge >= 0.3 is 0 Å². The van der Waals surface area contributed by atoms with E-state index in [1.165, 1.54) is 0 Å². The Morgan fingerprint density at radius 3 is 2.67 bits per heavy atom. The molecule has 2 aliphatic carbocycles. The fourth-order valence-corrected chi connectivity index (χ4v) is 3.99. The molecule has 2 aromatic rings. The van der Waals surface area contributed by atoms with Crippen LogP contribution in [0, 0.1) is 23.2 Å². The first-order chi connectivity index (χ1) is 14.5. The average molecular weight is 398 g/mol. The van der Waals surface area contributed by atoms with E-state index in [-0.39, 0.29) is 17.7 Å². The molecule has 2 atom stereocenters. The maximum Gasteiger partial charge on any atom is 0.228 e. The molecule has 2 aromatic carbocycles. The molecule has 0 radical (unpaired) electrons. The van der Waals surface area contributed by atoms with Crippen LogP contribution in [-0.2, 0) is 4.79 Å². The minimum Gasteiger partial charge on any atom is -0.411 e. The topological polar surface area (TPSA) is 112 Å². The van der Waals surface area contributed by atoms with Crippen LogP contribution in [0.2, 0.25) is 0 Å². The third-order valence-electron chi connectivity index (χ3n) is 5.82. The summed E-state index contributed by atoms with van der Waals surface area (Å²) in [6, 6.07) is 17.2. The summed E-state index contributed by atoms with van der Waals surface area (Å²) in [5.41, 5.74) is 12.1. The number of hydrogen-bond acceptors (Lipinski definition) is 5. The number of nitrogens with two attached hydrogens (primary N) is 1. The zero-order valence-corrected chi connectivity index (χ0v) is 16.6. The molecule has 30 heavy (non-hydrogen) atoms. The Morgan fingerprint density at radius 1 is 1.23 bits per heavy atom. The molecular weight excluding hydrogens is 376 g/mol. The molecule has 1 amide bonds. The number of nitrogens with one attached hydrogen (secondary N) is 1. The van der Waals surface area contributed by atoms with Crippen LogP contribution in [0.5, 0.6) is 0 Å². The van der Waals surface area contributed by atoms with Gasteiger partial charge in [-0.15, -0.1) is 0 Å². The first-order valence-corrected chi connectivity index (χ1v) is 9.82. The van der Waals surface area contributed by atoms with Gasteiger partial charge in [0.25, 0.3) is 0 Å². The van der Waals surface area contributed by atoms with Gasteiger partial charge in [-0.2, -0.15) is 5.26 Å². The van der Waals surface area contributed by atoms with E-state index in [0.29, 0.717) is 23.4 Å². The highest BCUT2D eigenvalue weighted by atomic mass is 16.4. The Labute approximate surface area is 175 Å². The van der Waals surface area contributed by atoms with Crippen molar-refractivity contribution in [3.05, 3.63) is 77.0 Å². The molecule has 4 N–H and O–H groups in total. The van der Waals surface area contributed by atoms with E-state index in [2.05, 4.69) is 16.5 Å². The number of nitriles is 1. The average Bonchev–Trinajstić information content (AvgIpc) is 3.57. The van der Waals surface area contributed by atoms with Gasteiger partial charge in [-0.05, 0) is 59.7 Å². The van der Waals surface area contributed by atoms with Crippen molar-refractivity contribution >= 4 is 17.3 Å². The fraction of sp³-hybridized carbons (Fsp3) is 0.208. The molecular formula is C24H22N4O2. The molecule has 4 rings (SSSR count). The van der Waals surface area contributed by atoms with Gasteiger partial charge in [-0.1, -0.05) is 41.6 Å². The molecule has 0 heterocycles. The van der Waals surface area contributed by atoms with Crippen molar-refractivity contribution in [1.29, 1.82) is 5.26 Å². The summed E-state index contributed by atoms with van der Waals surface area (Å²) in [5, 5.41) is 24.5. The van der Waals surface area contributed by atoms with E-state index in [0.717, 1.165) is 34.4 Å². The van der Waals surface area contributed by atoms with Crippen LogP contribution in [0.4, 0.5) is 5.69 Å². The molecule has 1 saturated carbocycles. The van der Waals surface area contributed by atoms with Crippen molar-refractivity contribution in [2.24, 2.45) is 22.7 Å². The summed E-state index contributed by atoms with van der Waals surface area (Å²) in [5.74, 6) is 0.0373. The minimum absolute atomic E-state index is 0.0148. The van der Waals surface area contributed by atoms with Crippen molar-refractivity contribution in [3.63, 3.8) is 0 Å². The molecule has 1 fully saturated rings. The third kappa shape index (κ3) is 3.58. The number of nitrogens with zero attached hydrogens (tertiary/aromatic N) is 2. The third-order valence-corrected chi connectivity index (χ3v) is 5.82. The number of carbonyl (C=O) groups is 1. The maximum absolute atomic E-state index is 12.7. The molecule has 0 aliphatic heterocycles. The van der Waals surface area contributed by atoms with E-state index in [1.54, 1.807) is 6.07 Å². The second-order valence-electron chi connectivity index (χ2n) is 7.62. The Balaban J connectivity index is 1.42. The predicted molar refractivity (Wildman–Crippen MR) is 116 cm³/mol. The molecule has 0 aromatic heterocycles. The molecule has 0 saturated heterocycles. The second-order valence-corrected chi connectivity index (χ2v) is 7.62. The van der Waals surface area contributed by atoms with Crippen LogP contribution in [0.1, 0.15) is 25.3 Å². The highest BCUT2D eigenvalue weighted by Gasteiger charge is 2.46. The van der Waals surface area contributed by atoms with Crippen molar-refractivity contribution in [3.8, 4) is 17.2 Å². The first kappa shape index (κ1) is 19.5. The SMILES string of the molecule is CC1=C(N)C(=NO)CC=C1[C@H]1C[C@H]1C(=O)Nc1ccc(-c2ccccc2C#N)cc1. The number of benzene rings is 2. The number of allylic oxidation sites excluding steroid dienone is 4. The van der Waals surface area contributed by atoms with Crippen LogP contribution in [0.25, 0.3) is 11.1 Å². The number of hydrogen-bond donors (Lipinski definition) is 3. The monoisotopic (exact) mass is 398 g/mol. The lowest BCUT2D eigenvalue weighted by atomic mass is 9.91. The number of carbonyl (C=O) groups excluding carboxylic acids is 1. The largest absolute Gasteiger partial charge is 0.411 e. The minimum atomic E-state index is -0.0920. The quantitative estimate of drug-likeness (QED) is 0.529. The first-order valence-electron chi connectivity index (χ1n) is 9.82. The summed E-state index contributed by atoms with van der Waals surface area (Å²) in [4.78, 5) is 12.7. The van der Waals surface area contributed by atoms with Crippen LogP contribution in [-0.4, -0.2) is 16.8 Å². The Bertz CT molecular complexity index is 1140. The van der Waals surface area contributed by atoms with Gasteiger partial charge in [0.05, 0.1) is 17.3 Å². The van der Waals surface area contributed by atoms with Gasteiger partial charge in [-0.3, -0.25) is 4.79 Å². The fourth-order valence-electron chi connectivity index (χ4n) is 3.99. The molecule has 0 bridgehead atoms. The number of rotatable bonds is 4. The smallest absolute Gasteiger partial charge is 0.228 e. The van der Waals surface area contributed by atoms with Gasteiger partial charge in [0.1, 0.15) is 5.71 Å². The van der Waals surface area contributed by atoms with E-state index >= 15 is 0 Å². The van der Waals surface area contributed by atoms with E-state index in [9.17, 15) is 10.1 Å². The van der Waals surface area contributed by atoms with Crippen LogP contribution < -0.4 is 11.1 Å². The number of oxime groups is 1. The van der Waals surface area contributed by atoms with Crippen molar-refractivity contribution in [1.82, 2.24) is 0 Å². The normalized spacial score (nSPS) is 21.7. The number of amides is 1. The lowest BCUT2D eigenvalue weighted by molar-refractivity contribution is -0.117. The van der Waals surface area contributed by atoms with Crippen LogP contribution in [0.3, 0.4) is 0 Å². The van der Waals surface area contributed by atoms with Crippen LogP contribution in [0.15, 0.2) is 76.6 Å². The Kier molecular flexibility index (Phi) is 5.11. The summed E-state index contributed by atoms with van der Waals surface area (Å²) in [6.07, 6.45) is 3.26. The van der Waals surface area contributed by atoms with Crippen molar-refractivity contribution in [2.45, 2.75) is 19.8 Å². The number of anilines is 1. The lowest BCUT2D eigenvalue weighted by Crippen LogP contribution is -2.20. The summed E-state index contributed by atoms with van der Waals surface area (Å²) >= 11 is 0. The van der Waals surface area contributed by atoms with Gasteiger partial charge in [-0.25, -0.2) is 0 Å². The summed E-state index contributed by atoms with van der Waals surface area (Å²) in [6.45, 7) is 1.90. The van der Waals surface area contributed by atoms with E-state index in [1.807, 2.05) is 55.5 Å². The van der Waals surface area contributed by atoms with Crippen LogP contribution >= 0.6 is 0 Å². The summed E-state index contributed by atoms with van der Waals surface area (Å²) < 4.78 is 0. The standard InChI is InChI=1S/C24H22N4O2/c1-14-18(10-11-22(28-30)23(14)26)20-12-21(20)24(29)27-17-8-6-15(7-9-17)19-5-3-2-4-16(19)13-25/h2-10,20-21,30H,11-12,26H2,1H3,(H,27,29)/t20-,21-/m1/s1. The zero-order valence-electron chi connectivity index (χ0n) is 16.6. The van der Waals surface area contributed by atoms with Gasteiger partial charge in [0.2, 0.25) is 5.91 Å². The van der Waals surface area contributed by atoms with Crippen molar-refractivity contribution < 1.29 is 10.0 Å². The molecule has 0 unspecified atom stereocenters. The van der Waals surface area contributed by atoms with Gasteiger partial charge < -0.3 is 16.3 Å². The predicted octanol–water partition coefficient (Wildman–Crippen LogP) is 4.19.